The quantitative estimate of drug-likeness (QED) is 0.437. The number of amides is 1. The van der Waals surface area contributed by atoms with Crippen molar-refractivity contribution in [3.8, 4) is 0 Å². The minimum absolute atomic E-state index is 0.157. The van der Waals surface area contributed by atoms with Crippen LogP contribution >= 0.6 is 11.8 Å². The van der Waals surface area contributed by atoms with Gasteiger partial charge in [0.1, 0.15) is 5.71 Å². The van der Waals surface area contributed by atoms with Crippen LogP contribution in [0.2, 0.25) is 0 Å². The first-order valence-electron chi connectivity index (χ1n) is 1.80. The average molecular weight is 119 g/mol. The van der Waals surface area contributed by atoms with Gasteiger partial charge in [-0.3, -0.25) is 4.79 Å². The molecule has 0 unspecified atom stereocenters. The summed E-state index contributed by atoms with van der Waals surface area (Å²) in [5, 5.41) is 2.46. The maximum absolute atomic E-state index is 10.1. The highest BCUT2D eigenvalue weighted by molar-refractivity contribution is 6.49. The fraction of sp³-hybridized carbons (Fsp3) is 0.333. The summed E-state index contributed by atoms with van der Waals surface area (Å²) in [5.41, 5.74) is 0.418. The number of carbonyl (C=O) groups excluding carboxylic acids is 1. The summed E-state index contributed by atoms with van der Waals surface area (Å²) in [7, 11) is 0. The van der Waals surface area contributed by atoms with Crippen molar-refractivity contribution in [2.45, 2.75) is 0 Å². The summed E-state index contributed by atoms with van der Waals surface area (Å²) in [4.78, 5) is 10.1. The third kappa shape index (κ3) is 0.587. The number of carbonyl (C=O) groups is 1. The van der Waals surface area contributed by atoms with Crippen molar-refractivity contribution in [2.24, 2.45) is 4.51 Å². The standard InChI is InChI=1S/C3H3ClN2O/c4-6-2-1-5-3(2)7/h1H2,(H,5,7). The van der Waals surface area contributed by atoms with Gasteiger partial charge in [-0.25, -0.2) is 0 Å². The lowest BCUT2D eigenvalue weighted by Crippen LogP contribution is -2.48. The van der Waals surface area contributed by atoms with Gasteiger partial charge in [-0.15, -0.1) is 0 Å². The van der Waals surface area contributed by atoms with E-state index in [1.807, 2.05) is 0 Å². The Hall–Kier alpha value is -0.570. The second-order valence-electron chi connectivity index (χ2n) is 1.21. The largest absolute Gasteiger partial charge is 0.345 e. The van der Waals surface area contributed by atoms with Gasteiger partial charge >= 0.3 is 0 Å². The van der Waals surface area contributed by atoms with Crippen LogP contribution in [0.4, 0.5) is 0 Å². The molecule has 1 saturated heterocycles. The monoisotopic (exact) mass is 118 g/mol. The van der Waals surface area contributed by atoms with Crippen LogP contribution in [0.15, 0.2) is 4.51 Å². The number of hydrogen-bond acceptors (Lipinski definition) is 2. The highest BCUT2D eigenvalue weighted by Gasteiger charge is 2.20. The van der Waals surface area contributed by atoms with Gasteiger partial charge in [0, 0.05) is 11.8 Å². The molecule has 1 heterocycles. The molecule has 1 aliphatic rings. The minimum Gasteiger partial charge on any atom is -0.345 e. The predicted octanol–water partition coefficient (Wildman–Crippen LogP) is -0.289. The zero-order valence-electron chi connectivity index (χ0n) is 3.44. The molecule has 0 radical (unpaired) electrons. The predicted molar refractivity (Wildman–Crippen MR) is 26.3 cm³/mol. The van der Waals surface area contributed by atoms with Crippen molar-refractivity contribution < 1.29 is 4.79 Å². The highest BCUT2D eigenvalue weighted by atomic mass is 35.5. The molecule has 1 N–H and O–H groups in total. The van der Waals surface area contributed by atoms with E-state index in [1.54, 1.807) is 0 Å². The fourth-order valence-electron chi connectivity index (χ4n) is 0.308. The van der Waals surface area contributed by atoms with Gasteiger partial charge in [-0.2, -0.15) is 4.51 Å². The number of β-lactam (4-membered cyclic amide) rings is 1. The van der Waals surface area contributed by atoms with E-state index >= 15 is 0 Å². The molecule has 0 atom stereocenters. The molecule has 0 aromatic carbocycles. The van der Waals surface area contributed by atoms with Crippen molar-refractivity contribution in [1.82, 2.24) is 5.32 Å². The summed E-state index contributed by atoms with van der Waals surface area (Å²) < 4.78 is 3.15. The summed E-state index contributed by atoms with van der Waals surface area (Å²) in [6, 6.07) is 0. The van der Waals surface area contributed by atoms with Crippen LogP contribution in [0.5, 0.6) is 0 Å². The van der Waals surface area contributed by atoms with E-state index in [1.165, 1.54) is 0 Å². The molecule has 0 spiro atoms. The number of nitrogens with one attached hydrogen (secondary N) is 1. The van der Waals surface area contributed by atoms with Crippen LogP contribution in [0, 0.1) is 0 Å². The molecule has 3 nitrogen and oxygen atoms in total. The Bertz CT molecular complexity index is 131. The molecule has 38 valence electrons. The lowest BCUT2D eigenvalue weighted by atomic mass is 10.2. The third-order valence-corrected chi connectivity index (χ3v) is 0.985. The van der Waals surface area contributed by atoms with Gasteiger partial charge in [-0.05, 0) is 0 Å². The first kappa shape index (κ1) is 4.59. The molecule has 7 heavy (non-hydrogen) atoms. The second-order valence-corrected chi connectivity index (χ2v) is 1.38. The van der Waals surface area contributed by atoms with Crippen molar-refractivity contribution >= 4 is 23.4 Å². The van der Waals surface area contributed by atoms with E-state index in [0.29, 0.717) is 12.3 Å². The van der Waals surface area contributed by atoms with E-state index in [4.69, 9.17) is 11.8 Å². The molecule has 0 aromatic rings. The van der Waals surface area contributed by atoms with Crippen molar-refractivity contribution in [3.63, 3.8) is 0 Å². The smallest absolute Gasteiger partial charge is 0.269 e. The number of nitrogens with zero attached hydrogens (tertiary/aromatic N) is 1. The van der Waals surface area contributed by atoms with Crippen molar-refractivity contribution in [1.29, 1.82) is 0 Å². The Morgan fingerprint density at radius 1 is 1.86 bits per heavy atom. The summed E-state index contributed by atoms with van der Waals surface area (Å²) in [6.45, 7) is 0.516. The van der Waals surface area contributed by atoms with Gasteiger partial charge in [0.25, 0.3) is 5.91 Å². The Morgan fingerprint density at radius 3 is 2.57 bits per heavy atom. The third-order valence-electron chi connectivity index (χ3n) is 0.781. The Labute approximate surface area is 45.5 Å². The molecule has 1 rings (SSSR count). The van der Waals surface area contributed by atoms with Crippen LogP contribution in [-0.4, -0.2) is 18.2 Å². The maximum atomic E-state index is 10.1. The second kappa shape index (κ2) is 1.50. The Morgan fingerprint density at radius 2 is 2.57 bits per heavy atom. The highest BCUT2D eigenvalue weighted by Crippen LogP contribution is 1.90. The molecule has 0 aliphatic carbocycles. The first-order chi connectivity index (χ1) is 3.34. The zero-order chi connectivity index (χ0) is 5.28. The zero-order valence-corrected chi connectivity index (χ0v) is 4.20. The van der Waals surface area contributed by atoms with Crippen molar-refractivity contribution in [3.05, 3.63) is 0 Å². The van der Waals surface area contributed by atoms with E-state index in [2.05, 4.69) is 9.83 Å². The van der Waals surface area contributed by atoms with Crippen LogP contribution in [-0.2, 0) is 4.79 Å². The fourth-order valence-corrected chi connectivity index (χ4v) is 0.444. The molecule has 4 heteroatoms. The summed E-state index contributed by atoms with van der Waals surface area (Å²) in [6.07, 6.45) is 0. The van der Waals surface area contributed by atoms with Gasteiger partial charge in [0.2, 0.25) is 0 Å². The first-order valence-corrected chi connectivity index (χ1v) is 2.14. The molecular weight excluding hydrogens is 115 g/mol. The molecule has 0 aromatic heterocycles. The molecule has 1 fully saturated rings. The van der Waals surface area contributed by atoms with E-state index < -0.39 is 0 Å². The van der Waals surface area contributed by atoms with Gasteiger partial charge in [-0.1, -0.05) is 0 Å². The van der Waals surface area contributed by atoms with Gasteiger partial charge in [0.05, 0.1) is 6.54 Å². The number of rotatable bonds is 0. The molecule has 0 bridgehead atoms. The maximum Gasteiger partial charge on any atom is 0.269 e. The lowest BCUT2D eigenvalue weighted by molar-refractivity contribution is -0.116. The molecule has 0 saturated carbocycles. The van der Waals surface area contributed by atoms with Crippen LogP contribution in [0.1, 0.15) is 0 Å². The van der Waals surface area contributed by atoms with Crippen molar-refractivity contribution in [2.75, 3.05) is 6.54 Å². The summed E-state index contributed by atoms with van der Waals surface area (Å²) in [5.74, 6) is -0.157. The van der Waals surface area contributed by atoms with E-state index in [9.17, 15) is 4.79 Å². The van der Waals surface area contributed by atoms with Crippen LogP contribution in [0.25, 0.3) is 0 Å². The Kier molecular flexibility index (Phi) is 0.982. The molecule has 1 amide bonds. The lowest BCUT2D eigenvalue weighted by Gasteiger charge is -2.13. The molecular formula is C3H3ClN2O. The van der Waals surface area contributed by atoms with Gasteiger partial charge in [0.15, 0.2) is 0 Å². The van der Waals surface area contributed by atoms with Crippen LogP contribution in [0.3, 0.4) is 0 Å². The SMILES string of the molecule is O=C1NCC1=NCl. The van der Waals surface area contributed by atoms with E-state index in [-0.39, 0.29) is 5.91 Å². The topological polar surface area (TPSA) is 41.5 Å². The summed E-state index contributed by atoms with van der Waals surface area (Å²) >= 11 is 4.93. The van der Waals surface area contributed by atoms with Crippen LogP contribution < -0.4 is 5.32 Å². The van der Waals surface area contributed by atoms with Gasteiger partial charge < -0.3 is 5.32 Å². The number of hydrogen-bond donors (Lipinski definition) is 1. The normalized spacial score (nSPS) is 24.1. The van der Waals surface area contributed by atoms with E-state index in [0.717, 1.165) is 0 Å². The minimum atomic E-state index is -0.157. The average Bonchev–Trinajstić information content (AvgIpc) is 1.65. The number of halogens is 1. The Balaban J connectivity index is 2.61. The molecule has 1 aliphatic heterocycles.